The van der Waals surface area contributed by atoms with Gasteiger partial charge in [0, 0.05) is 5.56 Å². The van der Waals surface area contributed by atoms with E-state index in [1.807, 2.05) is 24.3 Å². The smallest absolute Gasteiger partial charge is 0.299 e. The molecule has 0 spiro atoms. The Morgan fingerprint density at radius 2 is 1.88 bits per heavy atom. The number of methoxy groups -OCH3 is 1. The van der Waals surface area contributed by atoms with Gasteiger partial charge < -0.3 is 19.5 Å². The first-order valence-corrected chi connectivity index (χ1v) is 7.79. The van der Waals surface area contributed by atoms with Crippen molar-refractivity contribution in [3.05, 3.63) is 30.1 Å². The second-order valence-electron chi connectivity index (χ2n) is 5.94. The molecule has 124 valence electrons. The molecular formula is C16H17N5O3. The molecule has 1 aromatic carbocycles. The first-order chi connectivity index (χ1) is 11.7. The van der Waals surface area contributed by atoms with Gasteiger partial charge in [-0.05, 0) is 31.0 Å². The van der Waals surface area contributed by atoms with Crippen LogP contribution in [-0.2, 0) is 5.54 Å². The zero-order chi connectivity index (χ0) is 16.6. The van der Waals surface area contributed by atoms with E-state index in [9.17, 15) is 0 Å². The average Bonchev–Trinajstić information content (AvgIpc) is 3.34. The van der Waals surface area contributed by atoms with Crippen LogP contribution in [0.1, 0.15) is 31.5 Å². The zero-order valence-corrected chi connectivity index (χ0v) is 13.2. The van der Waals surface area contributed by atoms with Crippen LogP contribution in [0.3, 0.4) is 0 Å². The molecule has 2 heterocycles. The summed E-state index contributed by atoms with van der Waals surface area (Å²) in [6, 6.07) is 7.35. The summed E-state index contributed by atoms with van der Waals surface area (Å²) in [7, 11) is 1.60. The second kappa shape index (κ2) is 5.72. The predicted octanol–water partition coefficient (Wildman–Crippen LogP) is 2.52. The van der Waals surface area contributed by atoms with Gasteiger partial charge in [0.15, 0.2) is 5.82 Å². The third-order valence-corrected chi connectivity index (χ3v) is 4.30. The van der Waals surface area contributed by atoms with Gasteiger partial charge in [-0.2, -0.15) is 9.97 Å². The molecule has 1 aliphatic carbocycles. The lowest BCUT2D eigenvalue weighted by atomic mass is 9.99. The number of benzene rings is 1. The van der Waals surface area contributed by atoms with Crippen molar-refractivity contribution >= 4 is 0 Å². The number of rotatable bonds is 4. The first-order valence-electron chi connectivity index (χ1n) is 7.79. The molecule has 0 atom stereocenters. The van der Waals surface area contributed by atoms with Gasteiger partial charge in [0.05, 0.1) is 12.6 Å². The molecule has 0 radical (unpaired) electrons. The van der Waals surface area contributed by atoms with Crippen LogP contribution in [0, 0.1) is 0 Å². The van der Waals surface area contributed by atoms with Gasteiger partial charge in [-0.3, -0.25) is 0 Å². The SMILES string of the molecule is COc1cccc(-c2nc(-c3nc(C4(N)CCCC4)no3)no2)c1. The largest absolute Gasteiger partial charge is 0.497 e. The van der Waals surface area contributed by atoms with Gasteiger partial charge in [0.25, 0.3) is 17.6 Å². The molecular weight excluding hydrogens is 310 g/mol. The van der Waals surface area contributed by atoms with Crippen LogP contribution >= 0.6 is 0 Å². The van der Waals surface area contributed by atoms with E-state index in [0.717, 1.165) is 31.2 Å². The Bertz CT molecular complexity index is 851. The van der Waals surface area contributed by atoms with Gasteiger partial charge in [-0.1, -0.05) is 29.2 Å². The van der Waals surface area contributed by atoms with Crippen molar-refractivity contribution in [2.45, 2.75) is 31.2 Å². The number of ether oxygens (including phenoxy) is 1. The molecule has 2 N–H and O–H groups in total. The predicted molar refractivity (Wildman–Crippen MR) is 83.9 cm³/mol. The fourth-order valence-corrected chi connectivity index (χ4v) is 2.93. The minimum Gasteiger partial charge on any atom is -0.497 e. The number of hydrogen-bond donors (Lipinski definition) is 1. The molecule has 24 heavy (non-hydrogen) atoms. The van der Waals surface area contributed by atoms with Gasteiger partial charge in [-0.25, -0.2) is 0 Å². The fourth-order valence-electron chi connectivity index (χ4n) is 2.93. The third-order valence-electron chi connectivity index (χ3n) is 4.30. The summed E-state index contributed by atoms with van der Waals surface area (Å²) < 4.78 is 15.8. The zero-order valence-electron chi connectivity index (χ0n) is 13.2. The quantitative estimate of drug-likeness (QED) is 0.777. The Morgan fingerprint density at radius 3 is 2.67 bits per heavy atom. The lowest BCUT2D eigenvalue weighted by Crippen LogP contribution is -2.34. The highest BCUT2D eigenvalue weighted by atomic mass is 16.5. The molecule has 3 aromatic rings. The van der Waals surface area contributed by atoms with Crippen LogP contribution < -0.4 is 10.5 Å². The maximum atomic E-state index is 6.34. The van der Waals surface area contributed by atoms with Crippen molar-refractivity contribution in [2.24, 2.45) is 5.73 Å². The van der Waals surface area contributed by atoms with E-state index in [1.54, 1.807) is 7.11 Å². The van der Waals surface area contributed by atoms with Crippen LogP contribution in [0.4, 0.5) is 0 Å². The number of nitrogens with two attached hydrogens (primary N) is 1. The molecule has 0 saturated heterocycles. The van der Waals surface area contributed by atoms with E-state index < -0.39 is 5.54 Å². The van der Waals surface area contributed by atoms with E-state index in [-0.39, 0.29) is 11.7 Å². The summed E-state index contributed by atoms with van der Waals surface area (Å²) in [4.78, 5) is 8.68. The number of nitrogens with zero attached hydrogens (tertiary/aromatic N) is 4. The number of hydrogen-bond acceptors (Lipinski definition) is 8. The van der Waals surface area contributed by atoms with Gasteiger partial charge >= 0.3 is 0 Å². The first kappa shape index (κ1) is 14.8. The highest BCUT2D eigenvalue weighted by molar-refractivity contribution is 5.57. The van der Waals surface area contributed by atoms with Crippen LogP contribution in [-0.4, -0.2) is 27.4 Å². The standard InChI is InChI=1S/C16H17N5O3/c1-22-11-6-4-5-10(9-11)13-18-12(20-23-13)14-19-15(21-24-14)16(17)7-2-3-8-16/h4-6,9H,2-3,7-8,17H2,1H3. The Hall–Kier alpha value is -2.74. The van der Waals surface area contributed by atoms with E-state index in [0.29, 0.717) is 17.5 Å². The molecule has 8 nitrogen and oxygen atoms in total. The lowest BCUT2D eigenvalue weighted by molar-refractivity contribution is 0.370. The van der Waals surface area contributed by atoms with Gasteiger partial charge in [0.1, 0.15) is 5.75 Å². The summed E-state index contributed by atoms with van der Waals surface area (Å²) in [5.74, 6) is 2.01. The normalized spacial score (nSPS) is 16.4. The third kappa shape index (κ3) is 2.54. The van der Waals surface area contributed by atoms with Crippen molar-refractivity contribution in [1.29, 1.82) is 0 Å². The highest BCUT2D eigenvalue weighted by Crippen LogP contribution is 2.35. The molecule has 0 bridgehead atoms. The van der Waals surface area contributed by atoms with Crippen molar-refractivity contribution in [3.8, 4) is 28.9 Å². The highest BCUT2D eigenvalue weighted by Gasteiger charge is 2.36. The summed E-state index contributed by atoms with van der Waals surface area (Å²) >= 11 is 0. The summed E-state index contributed by atoms with van der Waals surface area (Å²) in [5, 5.41) is 7.92. The van der Waals surface area contributed by atoms with E-state index in [1.165, 1.54) is 0 Å². The molecule has 8 heteroatoms. The Kier molecular flexibility index (Phi) is 3.53. The Balaban J connectivity index is 1.62. The summed E-state index contributed by atoms with van der Waals surface area (Å²) in [6.07, 6.45) is 3.85. The summed E-state index contributed by atoms with van der Waals surface area (Å²) in [5.41, 5.74) is 6.57. The van der Waals surface area contributed by atoms with Crippen LogP contribution in [0.15, 0.2) is 33.3 Å². The van der Waals surface area contributed by atoms with Crippen molar-refractivity contribution in [2.75, 3.05) is 7.11 Å². The maximum absolute atomic E-state index is 6.34. The molecule has 0 amide bonds. The molecule has 1 saturated carbocycles. The molecule has 2 aromatic heterocycles. The van der Waals surface area contributed by atoms with E-state index >= 15 is 0 Å². The maximum Gasteiger partial charge on any atom is 0.299 e. The number of aromatic nitrogens is 4. The molecule has 1 aliphatic rings. The monoisotopic (exact) mass is 327 g/mol. The topological polar surface area (TPSA) is 113 Å². The molecule has 1 fully saturated rings. The lowest BCUT2D eigenvalue weighted by Gasteiger charge is -2.17. The second-order valence-corrected chi connectivity index (χ2v) is 5.94. The Labute approximate surface area is 138 Å². The van der Waals surface area contributed by atoms with Crippen LogP contribution in [0.25, 0.3) is 23.2 Å². The Morgan fingerprint density at radius 1 is 1.08 bits per heavy atom. The van der Waals surface area contributed by atoms with Crippen LogP contribution in [0.2, 0.25) is 0 Å². The molecule has 4 rings (SSSR count). The minimum absolute atomic E-state index is 0.208. The average molecular weight is 327 g/mol. The van der Waals surface area contributed by atoms with E-state index in [2.05, 4.69) is 20.3 Å². The van der Waals surface area contributed by atoms with Gasteiger partial charge in [-0.15, -0.1) is 0 Å². The summed E-state index contributed by atoms with van der Waals surface area (Å²) in [6.45, 7) is 0. The van der Waals surface area contributed by atoms with E-state index in [4.69, 9.17) is 19.5 Å². The van der Waals surface area contributed by atoms with Gasteiger partial charge in [0.2, 0.25) is 0 Å². The van der Waals surface area contributed by atoms with Crippen molar-refractivity contribution in [3.63, 3.8) is 0 Å². The van der Waals surface area contributed by atoms with Crippen molar-refractivity contribution < 1.29 is 13.8 Å². The van der Waals surface area contributed by atoms with Crippen LogP contribution in [0.5, 0.6) is 5.75 Å². The molecule has 0 unspecified atom stereocenters. The van der Waals surface area contributed by atoms with Crippen molar-refractivity contribution in [1.82, 2.24) is 20.3 Å². The molecule has 0 aliphatic heterocycles. The minimum atomic E-state index is -0.513. The fraction of sp³-hybridized carbons (Fsp3) is 0.375.